The van der Waals surface area contributed by atoms with Crippen molar-refractivity contribution >= 4 is 6.09 Å². The lowest BCUT2D eigenvalue weighted by Gasteiger charge is -2.33. The van der Waals surface area contributed by atoms with Crippen LogP contribution in [0.5, 0.6) is 0 Å². The summed E-state index contributed by atoms with van der Waals surface area (Å²) >= 11 is 0. The fourth-order valence-electron chi connectivity index (χ4n) is 2.85. The van der Waals surface area contributed by atoms with Crippen molar-refractivity contribution in [1.29, 1.82) is 0 Å². The number of amides is 1. The predicted molar refractivity (Wildman–Crippen MR) is 91.2 cm³/mol. The molecule has 1 heterocycles. The van der Waals surface area contributed by atoms with Gasteiger partial charge in [-0.2, -0.15) is 0 Å². The quantitative estimate of drug-likeness (QED) is 0.759. The maximum Gasteiger partial charge on any atom is 0.407 e. The molecule has 130 valence electrons. The second-order valence-electron chi connectivity index (χ2n) is 7.49. The molecule has 0 aliphatic carbocycles. The van der Waals surface area contributed by atoms with Gasteiger partial charge >= 0.3 is 6.09 Å². The van der Waals surface area contributed by atoms with Crippen molar-refractivity contribution in [2.45, 2.75) is 77.5 Å². The van der Waals surface area contributed by atoms with Crippen LogP contribution in [0.3, 0.4) is 0 Å². The van der Waals surface area contributed by atoms with Gasteiger partial charge in [-0.3, -0.25) is 0 Å². The van der Waals surface area contributed by atoms with Gasteiger partial charge in [0.2, 0.25) is 0 Å². The van der Waals surface area contributed by atoms with E-state index < -0.39 is 5.60 Å². The van der Waals surface area contributed by atoms with Crippen molar-refractivity contribution in [1.82, 2.24) is 15.5 Å². The fraction of sp³-hybridized carbons (Fsp3) is 0.941. The maximum atomic E-state index is 11.8. The molecule has 5 nitrogen and oxygen atoms in total. The Bertz CT molecular complexity index is 328. The highest BCUT2D eigenvalue weighted by molar-refractivity contribution is 5.67. The molecule has 0 spiro atoms. The molecule has 2 N–H and O–H groups in total. The van der Waals surface area contributed by atoms with Gasteiger partial charge in [0.05, 0.1) is 0 Å². The van der Waals surface area contributed by atoms with Gasteiger partial charge in [0.15, 0.2) is 0 Å². The average molecular weight is 313 g/mol. The summed E-state index contributed by atoms with van der Waals surface area (Å²) in [4.78, 5) is 14.2. The number of unbranched alkanes of at least 4 members (excludes halogenated alkanes) is 1. The number of alkyl carbamates (subject to hydrolysis) is 1. The summed E-state index contributed by atoms with van der Waals surface area (Å²) in [6.45, 7) is 10.8. The molecule has 1 amide bonds. The summed E-state index contributed by atoms with van der Waals surface area (Å²) in [5.74, 6) is 0. The molecule has 0 aromatic carbocycles. The number of nitrogens with one attached hydrogen (secondary N) is 2. The number of nitrogens with zero attached hydrogens (tertiary/aromatic N) is 1. The van der Waals surface area contributed by atoms with Crippen LogP contribution in [0.1, 0.15) is 59.8 Å². The number of carbonyl (C=O) groups is 1. The van der Waals surface area contributed by atoms with Crippen LogP contribution >= 0.6 is 0 Å². The molecule has 1 fully saturated rings. The van der Waals surface area contributed by atoms with E-state index in [0.717, 1.165) is 13.0 Å². The highest BCUT2D eigenvalue weighted by Gasteiger charge is 2.21. The summed E-state index contributed by atoms with van der Waals surface area (Å²) in [7, 11) is 2.17. The van der Waals surface area contributed by atoms with Crippen LogP contribution in [-0.2, 0) is 4.74 Å². The van der Waals surface area contributed by atoms with E-state index in [0.29, 0.717) is 18.6 Å². The first-order valence-electron chi connectivity index (χ1n) is 8.71. The summed E-state index contributed by atoms with van der Waals surface area (Å²) in [5.41, 5.74) is -0.442. The lowest BCUT2D eigenvalue weighted by Crippen LogP contribution is -2.51. The van der Waals surface area contributed by atoms with Crippen molar-refractivity contribution in [2.24, 2.45) is 0 Å². The Morgan fingerprint density at radius 3 is 2.73 bits per heavy atom. The second kappa shape index (κ2) is 9.36. The Morgan fingerprint density at radius 1 is 1.41 bits per heavy atom. The van der Waals surface area contributed by atoms with Crippen LogP contribution in [-0.4, -0.2) is 55.4 Å². The number of carbonyl (C=O) groups excluding carboxylic acids is 1. The number of piperidine rings is 1. The molecule has 0 aromatic heterocycles. The van der Waals surface area contributed by atoms with E-state index in [2.05, 4.69) is 29.5 Å². The summed E-state index contributed by atoms with van der Waals surface area (Å²) in [5, 5.41) is 6.64. The number of hydrogen-bond acceptors (Lipinski definition) is 4. The lowest BCUT2D eigenvalue weighted by atomic mass is 10.0. The van der Waals surface area contributed by atoms with E-state index in [4.69, 9.17) is 4.74 Å². The topological polar surface area (TPSA) is 53.6 Å². The normalized spacial score (nSPS) is 21.4. The van der Waals surface area contributed by atoms with E-state index in [1.54, 1.807) is 0 Å². The Hall–Kier alpha value is -0.810. The Labute approximate surface area is 136 Å². The molecule has 22 heavy (non-hydrogen) atoms. The first-order chi connectivity index (χ1) is 10.3. The predicted octanol–water partition coefficient (Wildman–Crippen LogP) is 2.75. The van der Waals surface area contributed by atoms with E-state index in [-0.39, 0.29) is 6.09 Å². The van der Waals surface area contributed by atoms with Gasteiger partial charge in [0.25, 0.3) is 0 Å². The third kappa shape index (κ3) is 8.59. The smallest absolute Gasteiger partial charge is 0.407 e. The minimum absolute atomic E-state index is 0.323. The Kier molecular flexibility index (Phi) is 8.18. The minimum Gasteiger partial charge on any atom is -0.444 e. The van der Waals surface area contributed by atoms with Crippen LogP contribution in [0.25, 0.3) is 0 Å². The van der Waals surface area contributed by atoms with Gasteiger partial charge < -0.3 is 20.3 Å². The van der Waals surface area contributed by atoms with Gasteiger partial charge in [-0.1, -0.05) is 19.8 Å². The molecule has 2 atom stereocenters. The van der Waals surface area contributed by atoms with Gasteiger partial charge in [-0.15, -0.1) is 0 Å². The minimum atomic E-state index is -0.442. The monoisotopic (exact) mass is 313 g/mol. The fourth-order valence-corrected chi connectivity index (χ4v) is 2.85. The van der Waals surface area contributed by atoms with Crippen LogP contribution in [0.15, 0.2) is 0 Å². The highest BCUT2D eigenvalue weighted by atomic mass is 16.6. The SMILES string of the molecule is CCCCC(CNC(=O)OC(C)(C)C)NC1CCCN(C)C1. The lowest BCUT2D eigenvalue weighted by molar-refractivity contribution is 0.0519. The van der Waals surface area contributed by atoms with E-state index in [1.165, 1.54) is 32.2 Å². The third-order valence-corrected chi connectivity index (χ3v) is 3.89. The zero-order chi connectivity index (χ0) is 16.6. The van der Waals surface area contributed by atoms with Crippen molar-refractivity contribution in [3.63, 3.8) is 0 Å². The zero-order valence-electron chi connectivity index (χ0n) is 15.1. The van der Waals surface area contributed by atoms with Crippen LogP contribution in [0.4, 0.5) is 4.79 Å². The summed E-state index contributed by atoms with van der Waals surface area (Å²) < 4.78 is 5.31. The van der Waals surface area contributed by atoms with E-state index in [9.17, 15) is 4.79 Å². The van der Waals surface area contributed by atoms with Crippen LogP contribution in [0.2, 0.25) is 0 Å². The number of hydrogen-bond donors (Lipinski definition) is 2. The molecule has 1 aliphatic rings. The molecule has 1 aliphatic heterocycles. The molecule has 0 saturated carbocycles. The number of likely N-dealkylation sites (tertiary alicyclic amines) is 1. The molecule has 5 heteroatoms. The highest BCUT2D eigenvalue weighted by Crippen LogP contribution is 2.11. The molecular weight excluding hydrogens is 278 g/mol. The average Bonchev–Trinajstić information content (AvgIpc) is 2.40. The molecule has 2 unspecified atom stereocenters. The van der Waals surface area contributed by atoms with Crippen molar-refractivity contribution in [3.05, 3.63) is 0 Å². The van der Waals surface area contributed by atoms with Crippen molar-refractivity contribution in [3.8, 4) is 0 Å². The number of rotatable bonds is 7. The number of likely N-dealkylation sites (N-methyl/N-ethyl adjacent to an activating group) is 1. The van der Waals surface area contributed by atoms with Gasteiger partial charge in [0.1, 0.15) is 5.60 Å². The van der Waals surface area contributed by atoms with Crippen LogP contribution < -0.4 is 10.6 Å². The molecule has 1 rings (SSSR count). The van der Waals surface area contributed by atoms with E-state index in [1.807, 2.05) is 20.8 Å². The van der Waals surface area contributed by atoms with Crippen molar-refractivity contribution < 1.29 is 9.53 Å². The Balaban J connectivity index is 2.40. The standard InChI is InChI=1S/C17H35N3O2/c1-6-7-9-14(12-18-16(21)22-17(2,3)4)19-15-10-8-11-20(5)13-15/h14-15,19H,6-13H2,1-5H3,(H,18,21). The molecule has 1 saturated heterocycles. The molecular formula is C17H35N3O2. The van der Waals surface area contributed by atoms with E-state index >= 15 is 0 Å². The summed E-state index contributed by atoms with van der Waals surface area (Å²) in [6.07, 6.45) is 5.59. The largest absolute Gasteiger partial charge is 0.444 e. The van der Waals surface area contributed by atoms with Crippen molar-refractivity contribution in [2.75, 3.05) is 26.7 Å². The summed E-state index contributed by atoms with van der Waals surface area (Å²) in [6, 6.07) is 0.852. The van der Waals surface area contributed by atoms with Gasteiger partial charge in [-0.25, -0.2) is 4.79 Å². The first-order valence-corrected chi connectivity index (χ1v) is 8.71. The molecule has 0 bridgehead atoms. The molecule has 0 radical (unpaired) electrons. The zero-order valence-corrected chi connectivity index (χ0v) is 15.1. The third-order valence-electron chi connectivity index (χ3n) is 3.89. The van der Waals surface area contributed by atoms with Crippen LogP contribution in [0, 0.1) is 0 Å². The number of ether oxygens (including phenoxy) is 1. The van der Waals surface area contributed by atoms with Gasteiger partial charge in [-0.05, 0) is 53.6 Å². The maximum absolute atomic E-state index is 11.8. The second-order valence-corrected chi connectivity index (χ2v) is 7.49. The molecule has 0 aromatic rings. The van der Waals surface area contributed by atoms with Gasteiger partial charge in [0, 0.05) is 25.2 Å². The first kappa shape index (κ1) is 19.2. The Morgan fingerprint density at radius 2 is 2.14 bits per heavy atom.